The Morgan fingerprint density at radius 3 is 2.88 bits per heavy atom. The minimum absolute atomic E-state index is 0.409. The Hall–Kier alpha value is -2.24. The number of carbonyl (C=O) groups is 1. The monoisotopic (exact) mass is 220 g/mol. The van der Waals surface area contributed by atoms with Gasteiger partial charge < -0.3 is 5.32 Å². The fourth-order valence-electron chi connectivity index (χ4n) is 1.24. The number of amides is 1. The van der Waals surface area contributed by atoms with Gasteiger partial charge in [0.05, 0.1) is 12.4 Å². The molecule has 5 nitrogen and oxygen atoms in total. The molecule has 0 aliphatic carbocycles. The molecule has 0 fully saturated rings. The van der Waals surface area contributed by atoms with E-state index in [0.717, 1.165) is 11.8 Å². The predicted molar refractivity (Wildman–Crippen MR) is 54.2 cm³/mol. The van der Waals surface area contributed by atoms with Gasteiger partial charge in [-0.1, -0.05) is 6.07 Å². The van der Waals surface area contributed by atoms with Gasteiger partial charge in [0.25, 0.3) is 0 Å². The summed E-state index contributed by atoms with van der Waals surface area (Å²) in [5, 5.41) is 6.31. The first-order chi connectivity index (χ1) is 7.79. The Bertz CT molecular complexity index is 480. The number of pyridine rings is 1. The molecule has 82 valence electrons. The van der Waals surface area contributed by atoms with Gasteiger partial charge in [0, 0.05) is 12.7 Å². The molecule has 2 aromatic rings. The smallest absolute Gasteiger partial charge is 0.207 e. The van der Waals surface area contributed by atoms with Gasteiger partial charge in [-0.3, -0.25) is 4.79 Å². The Labute approximate surface area is 90.9 Å². The molecule has 2 heterocycles. The highest BCUT2D eigenvalue weighted by Crippen LogP contribution is 2.05. The molecule has 0 aliphatic rings. The van der Waals surface area contributed by atoms with Gasteiger partial charge in [-0.2, -0.15) is 5.10 Å². The van der Waals surface area contributed by atoms with E-state index in [2.05, 4.69) is 15.4 Å². The SMILES string of the molecule is O=CNCc1ccc(-n2cc(F)cn2)nc1. The van der Waals surface area contributed by atoms with Crippen LogP contribution in [0.1, 0.15) is 5.56 Å². The van der Waals surface area contributed by atoms with Crippen LogP contribution in [0.25, 0.3) is 5.82 Å². The van der Waals surface area contributed by atoms with E-state index < -0.39 is 5.82 Å². The van der Waals surface area contributed by atoms with Gasteiger partial charge in [0.1, 0.15) is 0 Å². The van der Waals surface area contributed by atoms with Crippen LogP contribution in [0, 0.1) is 5.82 Å². The van der Waals surface area contributed by atoms with Crippen LogP contribution < -0.4 is 5.32 Å². The highest BCUT2D eigenvalue weighted by molar-refractivity contribution is 5.46. The maximum Gasteiger partial charge on any atom is 0.207 e. The number of carbonyl (C=O) groups excluding carboxylic acids is 1. The van der Waals surface area contributed by atoms with Crippen LogP contribution in [-0.2, 0) is 11.3 Å². The van der Waals surface area contributed by atoms with Gasteiger partial charge in [0.2, 0.25) is 6.41 Å². The quantitative estimate of drug-likeness (QED) is 0.770. The van der Waals surface area contributed by atoms with E-state index in [1.54, 1.807) is 18.3 Å². The van der Waals surface area contributed by atoms with Gasteiger partial charge in [-0.15, -0.1) is 0 Å². The standard InChI is InChI=1S/C10H9FN4O/c11-9-5-14-15(6-9)10-2-1-8(4-13-10)3-12-7-16/h1-2,4-7H,3H2,(H,12,16). The summed E-state index contributed by atoms with van der Waals surface area (Å²) < 4.78 is 14.0. The third-order valence-electron chi connectivity index (χ3n) is 1.98. The van der Waals surface area contributed by atoms with Crippen molar-refractivity contribution in [1.29, 1.82) is 0 Å². The number of nitrogens with one attached hydrogen (secondary N) is 1. The molecule has 0 unspecified atom stereocenters. The van der Waals surface area contributed by atoms with E-state index in [1.807, 2.05) is 0 Å². The number of hydrogen-bond acceptors (Lipinski definition) is 3. The van der Waals surface area contributed by atoms with E-state index in [4.69, 9.17) is 0 Å². The highest BCUT2D eigenvalue weighted by atomic mass is 19.1. The van der Waals surface area contributed by atoms with Crippen molar-refractivity contribution in [3.8, 4) is 5.82 Å². The van der Waals surface area contributed by atoms with E-state index in [1.165, 1.54) is 10.9 Å². The lowest BCUT2D eigenvalue weighted by atomic mass is 10.3. The second-order valence-corrected chi connectivity index (χ2v) is 3.13. The number of hydrogen-bond donors (Lipinski definition) is 1. The average Bonchev–Trinajstić information content (AvgIpc) is 2.74. The van der Waals surface area contributed by atoms with Crippen molar-refractivity contribution in [2.45, 2.75) is 6.54 Å². The normalized spacial score (nSPS) is 10.1. The molecule has 16 heavy (non-hydrogen) atoms. The summed E-state index contributed by atoms with van der Waals surface area (Å²) in [6, 6.07) is 3.49. The summed E-state index contributed by atoms with van der Waals surface area (Å²) in [6.07, 6.45) is 4.58. The summed E-state index contributed by atoms with van der Waals surface area (Å²) in [6.45, 7) is 0.421. The molecule has 6 heteroatoms. The Morgan fingerprint density at radius 2 is 2.31 bits per heavy atom. The van der Waals surface area contributed by atoms with Crippen LogP contribution in [0.5, 0.6) is 0 Å². The minimum Gasteiger partial charge on any atom is -0.355 e. The molecule has 1 N–H and O–H groups in total. The molecule has 0 spiro atoms. The van der Waals surface area contributed by atoms with Crippen molar-refractivity contribution in [2.75, 3.05) is 0 Å². The topological polar surface area (TPSA) is 59.8 Å². The predicted octanol–water partition coefficient (Wildman–Crippen LogP) is 0.652. The first-order valence-electron chi connectivity index (χ1n) is 4.62. The third kappa shape index (κ3) is 2.22. The number of nitrogens with zero attached hydrogens (tertiary/aromatic N) is 3. The summed E-state index contributed by atoms with van der Waals surface area (Å²) in [5.41, 5.74) is 0.864. The zero-order valence-corrected chi connectivity index (χ0v) is 8.30. The number of halogens is 1. The lowest BCUT2D eigenvalue weighted by molar-refractivity contribution is -0.109. The fourth-order valence-corrected chi connectivity index (χ4v) is 1.24. The number of aromatic nitrogens is 3. The second-order valence-electron chi connectivity index (χ2n) is 3.13. The van der Waals surface area contributed by atoms with Crippen LogP contribution in [0.4, 0.5) is 4.39 Å². The van der Waals surface area contributed by atoms with Crippen molar-refractivity contribution in [2.24, 2.45) is 0 Å². The fraction of sp³-hybridized carbons (Fsp3) is 0.100. The summed E-state index contributed by atoms with van der Waals surface area (Å²) >= 11 is 0. The molecule has 0 radical (unpaired) electrons. The van der Waals surface area contributed by atoms with Gasteiger partial charge in [0.15, 0.2) is 11.6 Å². The Kier molecular flexibility index (Phi) is 2.90. The van der Waals surface area contributed by atoms with Crippen molar-refractivity contribution < 1.29 is 9.18 Å². The van der Waals surface area contributed by atoms with Gasteiger partial charge in [-0.05, 0) is 11.6 Å². The average molecular weight is 220 g/mol. The van der Waals surface area contributed by atoms with Crippen LogP contribution in [-0.4, -0.2) is 21.2 Å². The zero-order valence-electron chi connectivity index (χ0n) is 8.30. The molecule has 0 aliphatic heterocycles. The molecule has 2 aromatic heterocycles. The van der Waals surface area contributed by atoms with E-state index >= 15 is 0 Å². The Morgan fingerprint density at radius 1 is 1.44 bits per heavy atom. The summed E-state index contributed by atoms with van der Waals surface area (Å²) in [7, 11) is 0. The largest absolute Gasteiger partial charge is 0.355 e. The molecule has 0 bridgehead atoms. The van der Waals surface area contributed by atoms with Crippen molar-refractivity contribution >= 4 is 6.41 Å². The van der Waals surface area contributed by atoms with Crippen molar-refractivity contribution in [1.82, 2.24) is 20.1 Å². The first kappa shape index (κ1) is 10.3. The Balaban J connectivity index is 2.15. The minimum atomic E-state index is -0.409. The maximum atomic E-state index is 12.7. The summed E-state index contributed by atoms with van der Waals surface area (Å²) in [5.74, 6) is 0.118. The van der Waals surface area contributed by atoms with E-state index in [9.17, 15) is 9.18 Å². The maximum absolute atomic E-state index is 12.7. The van der Waals surface area contributed by atoms with Crippen molar-refractivity contribution in [3.05, 3.63) is 42.1 Å². The third-order valence-corrected chi connectivity index (χ3v) is 1.98. The van der Waals surface area contributed by atoms with Crippen LogP contribution in [0.2, 0.25) is 0 Å². The highest BCUT2D eigenvalue weighted by Gasteiger charge is 2.01. The first-order valence-corrected chi connectivity index (χ1v) is 4.62. The zero-order chi connectivity index (χ0) is 11.4. The lowest BCUT2D eigenvalue weighted by Crippen LogP contribution is -2.10. The molecular formula is C10H9FN4O. The van der Waals surface area contributed by atoms with Gasteiger partial charge in [-0.25, -0.2) is 14.1 Å². The molecule has 0 aromatic carbocycles. The molecule has 0 saturated heterocycles. The summed E-state index contributed by atoms with van der Waals surface area (Å²) in [4.78, 5) is 14.2. The van der Waals surface area contributed by atoms with E-state index in [0.29, 0.717) is 18.8 Å². The van der Waals surface area contributed by atoms with Crippen LogP contribution in [0.3, 0.4) is 0 Å². The number of rotatable bonds is 4. The lowest BCUT2D eigenvalue weighted by Gasteiger charge is -2.02. The molecule has 2 rings (SSSR count). The van der Waals surface area contributed by atoms with Gasteiger partial charge >= 0.3 is 0 Å². The van der Waals surface area contributed by atoms with Crippen molar-refractivity contribution in [3.63, 3.8) is 0 Å². The molecule has 0 saturated carbocycles. The van der Waals surface area contributed by atoms with Crippen LogP contribution in [0.15, 0.2) is 30.7 Å². The molecule has 0 atom stereocenters. The van der Waals surface area contributed by atoms with E-state index in [-0.39, 0.29) is 0 Å². The van der Waals surface area contributed by atoms with Crippen LogP contribution >= 0.6 is 0 Å². The molecular weight excluding hydrogens is 211 g/mol. The molecule has 1 amide bonds. The second kappa shape index (κ2) is 4.52.